The third-order valence-corrected chi connectivity index (χ3v) is 3.41. The molecule has 110 valence electrons. The van der Waals surface area contributed by atoms with Crippen LogP contribution >= 0.6 is 0 Å². The number of carbonyl (C=O) groups excluding carboxylic acids is 1. The van der Waals surface area contributed by atoms with E-state index in [4.69, 9.17) is 10.5 Å². The zero-order chi connectivity index (χ0) is 15.4. The summed E-state index contributed by atoms with van der Waals surface area (Å²) < 4.78 is 5.19. The molecule has 4 nitrogen and oxygen atoms in total. The SMILES string of the molecule is COc1cccc(NC(C(N)=O)c2cc(C)ccc2C)c1. The number of benzene rings is 2. The Labute approximate surface area is 124 Å². The van der Waals surface area contributed by atoms with Gasteiger partial charge in [0.15, 0.2) is 0 Å². The molecule has 0 radical (unpaired) electrons. The minimum atomic E-state index is -0.572. The van der Waals surface area contributed by atoms with Crippen LogP contribution in [-0.4, -0.2) is 13.0 Å². The molecule has 2 aromatic carbocycles. The van der Waals surface area contributed by atoms with Gasteiger partial charge in [-0.1, -0.05) is 29.8 Å². The van der Waals surface area contributed by atoms with E-state index in [9.17, 15) is 4.79 Å². The Bertz CT molecular complexity index is 653. The minimum absolute atomic E-state index is 0.411. The van der Waals surface area contributed by atoms with Gasteiger partial charge in [-0.05, 0) is 37.1 Å². The van der Waals surface area contributed by atoms with Crippen molar-refractivity contribution in [3.05, 3.63) is 59.2 Å². The van der Waals surface area contributed by atoms with Crippen LogP contribution in [0.25, 0.3) is 0 Å². The molecule has 0 bridgehead atoms. The molecule has 0 saturated heterocycles. The van der Waals surface area contributed by atoms with Crippen molar-refractivity contribution in [1.29, 1.82) is 0 Å². The summed E-state index contributed by atoms with van der Waals surface area (Å²) in [6, 6.07) is 12.8. The zero-order valence-corrected chi connectivity index (χ0v) is 12.5. The quantitative estimate of drug-likeness (QED) is 0.887. The van der Waals surface area contributed by atoms with Crippen LogP contribution < -0.4 is 15.8 Å². The van der Waals surface area contributed by atoms with Gasteiger partial charge >= 0.3 is 0 Å². The van der Waals surface area contributed by atoms with Crippen LogP contribution in [0, 0.1) is 13.8 Å². The minimum Gasteiger partial charge on any atom is -0.497 e. The molecule has 0 aliphatic rings. The summed E-state index contributed by atoms with van der Waals surface area (Å²) in [4.78, 5) is 11.9. The van der Waals surface area contributed by atoms with E-state index in [1.165, 1.54) is 0 Å². The Balaban J connectivity index is 2.35. The predicted molar refractivity (Wildman–Crippen MR) is 84.5 cm³/mol. The number of methoxy groups -OCH3 is 1. The van der Waals surface area contributed by atoms with Gasteiger partial charge in [0.25, 0.3) is 0 Å². The smallest absolute Gasteiger partial charge is 0.244 e. The summed E-state index contributed by atoms with van der Waals surface area (Å²) in [5, 5.41) is 3.18. The Morgan fingerprint density at radius 2 is 1.95 bits per heavy atom. The average Bonchev–Trinajstić information content (AvgIpc) is 2.47. The van der Waals surface area contributed by atoms with Gasteiger partial charge in [-0.2, -0.15) is 0 Å². The molecule has 1 unspecified atom stereocenters. The maximum absolute atomic E-state index is 11.9. The third-order valence-electron chi connectivity index (χ3n) is 3.41. The van der Waals surface area contributed by atoms with E-state index in [-0.39, 0.29) is 0 Å². The number of nitrogens with one attached hydrogen (secondary N) is 1. The molecule has 1 atom stereocenters. The largest absolute Gasteiger partial charge is 0.497 e. The van der Waals surface area contributed by atoms with E-state index in [2.05, 4.69) is 5.32 Å². The van der Waals surface area contributed by atoms with Gasteiger partial charge in [0.1, 0.15) is 11.8 Å². The fourth-order valence-corrected chi connectivity index (χ4v) is 2.25. The van der Waals surface area contributed by atoms with Gasteiger partial charge in [0.05, 0.1) is 7.11 Å². The lowest BCUT2D eigenvalue weighted by atomic mass is 9.98. The molecule has 1 amide bonds. The van der Waals surface area contributed by atoms with Gasteiger partial charge in [0.2, 0.25) is 5.91 Å². The second-order valence-electron chi connectivity index (χ2n) is 5.07. The molecule has 0 aromatic heterocycles. The molecule has 2 rings (SSSR count). The molecule has 21 heavy (non-hydrogen) atoms. The Kier molecular flexibility index (Phi) is 4.48. The molecule has 2 aromatic rings. The van der Waals surface area contributed by atoms with Crippen LogP contribution in [0.4, 0.5) is 5.69 Å². The van der Waals surface area contributed by atoms with Crippen molar-refractivity contribution in [2.45, 2.75) is 19.9 Å². The van der Waals surface area contributed by atoms with Crippen molar-refractivity contribution in [2.75, 3.05) is 12.4 Å². The molecule has 0 fully saturated rings. The lowest BCUT2D eigenvalue weighted by Gasteiger charge is -2.20. The van der Waals surface area contributed by atoms with E-state index in [1.807, 2.05) is 56.3 Å². The number of carbonyl (C=O) groups is 1. The van der Waals surface area contributed by atoms with E-state index in [0.29, 0.717) is 0 Å². The Morgan fingerprint density at radius 1 is 1.19 bits per heavy atom. The molecule has 0 heterocycles. The molecule has 0 aliphatic heterocycles. The van der Waals surface area contributed by atoms with Crippen LogP contribution in [0.3, 0.4) is 0 Å². The average molecular weight is 284 g/mol. The highest BCUT2D eigenvalue weighted by molar-refractivity contribution is 5.85. The number of hydrogen-bond acceptors (Lipinski definition) is 3. The van der Waals surface area contributed by atoms with Crippen molar-refractivity contribution in [3.63, 3.8) is 0 Å². The number of aryl methyl sites for hydroxylation is 2. The maximum atomic E-state index is 11.9. The van der Waals surface area contributed by atoms with E-state index in [1.54, 1.807) is 7.11 Å². The van der Waals surface area contributed by atoms with Gasteiger partial charge in [-0.25, -0.2) is 0 Å². The van der Waals surface area contributed by atoms with Crippen LogP contribution in [0.15, 0.2) is 42.5 Å². The number of rotatable bonds is 5. The van der Waals surface area contributed by atoms with Crippen molar-refractivity contribution < 1.29 is 9.53 Å². The fraction of sp³-hybridized carbons (Fsp3) is 0.235. The summed E-state index contributed by atoms with van der Waals surface area (Å²) in [5.74, 6) is 0.315. The molecule has 0 aliphatic carbocycles. The molecule has 0 saturated carbocycles. The predicted octanol–water partition coefficient (Wildman–Crippen LogP) is 2.95. The van der Waals surface area contributed by atoms with Crippen LogP contribution in [0.1, 0.15) is 22.7 Å². The number of primary amides is 1. The number of nitrogens with two attached hydrogens (primary N) is 1. The van der Waals surface area contributed by atoms with Crippen molar-refractivity contribution in [2.24, 2.45) is 5.73 Å². The summed E-state index contributed by atoms with van der Waals surface area (Å²) in [5.41, 5.74) is 9.38. The monoisotopic (exact) mass is 284 g/mol. The molecule has 0 spiro atoms. The molecular weight excluding hydrogens is 264 g/mol. The summed E-state index contributed by atoms with van der Waals surface area (Å²) in [7, 11) is 1.61. The lowest BCUT2D eigenvalue weighted by Crippen LogP contribution is -2.28. The van der Waals surface area contributed by atoms with E-state index < -0.39 is 11.9 Å². The van der Waals surface area contributed by atoms with Crippen molar-refractivity contribution in [1.82, 2.24) is 0 Å². The third kappa shape index (κ3) is 3.54. The van der Waals surface area contributed by atoms with E-state index >= 15 is 0 Å². The number of anilines is 1. The number of hydrogen-bond donors (Lipinski definition) is 2. The van der Waals surface area contributed by atoms with Gasteiger partial charge in [0, 0.05) is 11.8 Å². The second kappa shape index (κ2) is 6.31. The topological polar surface area (TPSA) is 64.3 Å². The normalized spacial score (nSPS) is 11.8. The molecule has 3 N–H and O–H groups in total. The fourth-order valence-electron chi connectivity index (χ4n) is 2.25. The van der Waals surface area contributed by atoms with Gasteiger partial charge < -0.3 is 15.8 Å². The van der Waals surface area contributed by atoms with Gasteiger partial charge in [-0.3, -0.25) is 4.79 Å². The first-order chi connectivity index (χ1) is 10.0. The Morgan fingerprint density at radius 3 is 2.62 bits per heavy atom. The molecular formula is C17H20N2O2. The second-order valence-corrected chi connectivity index (χ2v) is 5.07. The first-order valence-electron chi connectivity index (χ1n) is 6.78. The maximum Gasteiger partial charge on any atom is 0.244 e. The zero-order valence-electron chi connectivity index (χ0n) is 12.5. The molecule has 4 heteroatoms. The van der Waals surface area contributed by atoms with Crippen LogP contribution in [0.5, 0.6) is 5.75 Å². The van der Waals surface area contributed by atoms with Crippen LogP contribution in [0.2, 0.25) is 0 Å². The van der Waals surface area contributed by atoms with Crippen LogP contribution in [-0.2, 0) is 4.79 Å². The lowest BCUT2D eigenvalue weighted by molar-refractivity contribution is -0.118. The summed E-state index contributed by atoms with van der Waals surface area (Å²) in [6.45, 7) is 3.96. The van der Waals surface area contributed by atoms with Crippen molar-refractivity contribution >= 4 is 11.6 Å². The first-order valence-corrected chi connectivity index (χ1v) is 6.78. The number of amides is 1. The highest BCUT2D eigenvalue weighted by Crippen LogP contribution is 2.25. The van der Waals surface area contributed by atoms with E-state index in [0.717, 1.165) is 28.1 Å². The van der Waals surface area contributed by atoms with Crippen molar-refractivity contribution in [3.8, 4) is 5.75 Å². The van der Waals surface area contributed by atoms with Gasteiger partial charge in [-0.15, -0.1) is 0 Å². The summed E-state index contributed by atoms with van der Waals surface area (Å²) in [6.07, 6.45) is 0. The highest BCUT2D eigenvalue weighted by atomic mass is 16.5. The first kappa shape index (κ1) is 14.9. The standard InChI is InChI=1S/C17H20N2O2/c1-11-7-8-12(2)15(9-11)16(17(18)20)19-13-5-4-6-14(10-13)21-3/h4-10,16,19H,1-3H3,(H2,18,20). The summed E-state index contributed by atoms with van der Waals surface area (Å²) >= 11 is 0. The number of ether oxygens (including phenoxy) is 1. The highest BCUT2D eigenvalue weighted by Gasteiger charge is 2.19. The Hall–Kier alpha value is -2.49.